The number of hydrogen-bond acceptors (Lipinski definition) is 4. The van der Waals surface area contributed by atoms with E-state index in [0.29, 0.717) is 11.4 Å². The molecule has 2 aliphatic rings. The summed E-state index contributed by atoms with van der Waals surface area (Å²) in [5.74, 6) is -1.23. The number of anilines is 1. The van der Waals surface area contributed by atoms with E-state index >= 15 is 0 Å². The van der Waals surface area contributed by atoms with Crippen LogP contribution in [0, 0.1) is 22.6 Å². The van der Waals surface area contributed by atoms with Crippen LogP contribution >= 0.6 is 0 Å². The zero-order valence-electron chi connectivity index (χ0n) is 17.5. The van der Waals surface area contributed by atoms with Gasteiger partial charge >= 0.3 is 0 Å². The summed E-state index contributed by atoms with van der Waals surface area (Å²) >= 11 is 0. The van der Waals surface area contributed by atoms with E-state index in [2.05, 4.69) is 0 Å². The third-order valence-corrected chi connectivity index (χ3v) is 7.04. The molecule has 2 fully saturated rings. The molecule has 1 aromatic carbocycles. The van der Waals surface area contributed by atoms with Gasteiger partial charge in [0.05, 0.1) is 24.9 Å². The number of rotatable bonds is 5. The number of halogens is 1. The summed E-state index contributed by atoms with van der Waals surface area (Å²) in [6.45, 7) is 8.25. The average molecular weight is 412 g/mol. The van der Waals surface area contributed by atoms with Crippen molar-refractivity contribution in [2.75, 3.05) is 4.90 Å². The average Bonchev–Trinajstić information content (AvgIpc) is 3.10. The Balaban J connectivity index is 1.65. The molecule has 3 amide bonds. The first kappa shape index (κ1) is 20.3. The van der Waals surface area contributed by atoms with Gasteiger partial charge in [-0.15, -0.1) is 0 Å². The van der Waals surface area contributed by atoms with Crippen molar-refractivity contribution in [3.8, 4) is 0 Å². The summed E-state index contributed by atoms with van der Waals surface area (Å²) in [5.41, 5.74) is -0.131. The van der Waals surface area contributed by atoms with E-state index in [1.807, 2.05) is 27.7 Å². The third kappa shape index (κ3) is 3.04. The maximum absolute atomic E-state index is 13.5. The summed E-state index contributed by atoms with van der Waals surface area (Å²) < 4.78 is 18.7. The van der Waals surface area contributed by atoms with Crippen molar-refractivity contribution in [3.05, 3.63) is 54.2 Å². The molecule has 0 spiro atoms. The predicted molar refractivity (Wildman–Crippen MR) is 108 cm³/mol. The first-order chi connectivity index (χ1) is 14.1. The maximum Gasteiger partial charge on any atom is 0.257 e. The van der Waals surface area contributed by atoms with Crippen LogP contribution in [-0.2, 0) is 20.9 Å². The van der Waals surface area contributed by atoms with Crippen LogP contribution in [0.4, 0.5) is 10.1 Å². The van der Waals surface area contributed by atoms with E-state index in [0.717, 1.165) is 4.90 Å². The Morgan fingerprint density at radius 3 is 2.30 bits per heavy atom. The van der Waals surface area contributed by atoms with E-state index < -0.39 is 23.7 Å². The van der Waals surface area contributed by atoms with E-state index in [9.17, 15) is 18.8 Å². The molecule has 1 saturated carbocycles. The quantitative estimate of drug-likeness (QED) is 0.701. The number of carbonyl (C=O) groups is 3. The molecule has 2 aromatic rings. The van der Waals surface area contributed by atoms with E-state index in [1.54, 1.807) is 12.1 Å². The van der Waals surface area contributed by atoms with Gasteiger partial charge < -0.3 is 9.32 Å². The zero-order chi connectivity index (χ0) is 21.8. The Morgan fingerprint density at radius 2 is 1.77 bits per heavy atom. The monoisotopic (exact) mass is 412 g/mol. The molecule has 6 nitrogen and oxygen atoms in total. The van der Waals surface area contributed by atoms with Gasteiger partial charge in [0.1, 0.15) is 17.6 Å². The lowest BCUT2D eigenvalue weighted by Crippen LogP contribution is -2.46. The molecule has 2 heterocycles. The molecule has 1 saturated heterocycles. The SMILES string of the molecule is CC1(C)C(C(=O)N(Cc2ccco2)C2CC(=O)N(c3ccc(F)cc3)C2=O)C1(C)C. The Hall–Kier alpha value is -2.96. The minimum atomic E-state index is -0.924. The Bertz CT molecular complexity index is 981. The van der Waals surface area contributed by atoms with Crippen molar-refractivity contribution >= 4 is 23.4 Å². The molecule has 0 N–H and O–H groups in total. The number of furan rings is 1. The summed E-state index contributed by atoms with van der Waals surface area (Å²) in [6.07, 6.45) is 1.39. The van der Waals surface area contributed by atoms with Crippen LogP contribution in [0.3, 0.4) is 0 Å². The summed E-state index contributed by atoms with van der Waals surface area (Å²) in [6, 6.07) is 7.71. The fourth-order valence-electron chi connectivity index (χ4n) is 4.61. The largest absolute Gasteiger partial charge is 0.467 e. The minimum Gasteiger partial charge on any atom is -0.467 e. The Kier molecular flexibility index (Phi) is 4.60. The highest BCUT2D eigenvalue weighted by Gasteiger charge is 2.69. The van der Waals surface area contributed by atoms with Gasteiger partial charge in [-0.1, -0.05) is 27.7 Å². The van der Waals surface area contributed by atoms with Crippen LogP contribution in [0.15, 0.2) is 47.1 Å². The van der Waals surface area contributed by atoms with Gasteiger partial charge in [-0.3, -0.25) is 14.4 Å². The van der Waals surface area contributed by atoms with Crippen molar-refractivity contribution in [2.24, 2.45) is 16.7 Å². The Labute approximate surface area is 174 Å². The summed E-state index contributed by atoms with van der Waals surface area (Å²) in [4.78, 5) is 42.0. The number of carbonyl (C=O) groups excluding carboxylic acids is 3. The zero-order valence-corrected chi connectivity index (χ0v) is 17.5. The van der Waals surface area contributed by atoms with Crippen LogP contribution in [0.25, 0.3) is 0 Å². The molecule has 1 aliphatic carbocycles. The maximum atomic E-state index is 13.5. The lowest BCUT2D eigenvalue weighted by atomic mass is 10.0. The smallest absolute Gasteiger partial charge is 0.257 e. The number of benzene rings is 1. The molecule has 1 aromatic heterocycles. The van der Waals surface area contributed by atoms with Crippen molar-refractivity contribution in [1.82, 2.24) is 4.90 Å². The molecule has 1 unspecified atom stereocenters. The predicted octanol–water partition coefficient (Wildman–Crippen LogP) is 3.76. The van der Waals surface area contributed by atoms with Gasteiger partial charge in [-0.2, -0.15) is 0 Å². The Morgan fingerprint density at radius 1 is 1.13 bits per heavy atom. The first-order valence-electron chi connectivity index (χ1n) is 10.0. The molecule has 0 bridgehead atoms. The highest BCUT2D eigenvalue weighted by molar-refractivity contribution is 6.23. The van der Waals surface area contributed by atoms with Gasteiger partial charge in [0.15, 0.2) is 0 Å². The topological polar surface area (TPSA) is 70.8 Å². The molecule has 1 aliphatic heterocycles. The highest BCUT2D eigenvalue weighted by atomic mass is 19.1. The van der Waals surface area contributed by atoms with Crippen molar-refractivity contribution in [3.63, 3.8) is 0 Å². The third-order valence-electron chi connectivity index (χ3n) is 7.04. The van der Waals surface area contributed by atoms with E-state index in [4.69, 9.17) is 4.42 Å². The van der Waals surface area contributed by atoms with Crippen LogP contribution < -0.4 is 4.90 Å². The molecule has 4 rings (SSSR count). The van der Waals surface area contributed by atoms with Crippen molar-refractivity contribution < 1.29 is 23.2 Å². The van der Waals surface area contributed by atoms with Crippen molar-refractivity contribution in [2.45, 2.75) is 46.7 Å². The number of amides is 3. The van der Waals surface area contributed by atoms with Crippen LogP contribution in [0.1, 0.15) is 39.9 Å². The van der Waals surface area contributed by atoms with Gasteiger partial charge in [0.2, 0.25) is 11.8 Å². The number of imide groups is 1. The molecular formula is C23H25FN2O4. The van der Waals surface area contributed by atoms with E-state index in [1.165, 1.54) is 35.4 Å². The molecule has 1 atom stereocenters. The van der Waals surface area contributed by atoms with Crippen LogP contribution in [-0.4, -0.2) is 28.7 Å². The van der Waals surface area contributed by atoms with Gasteiger partial charge in [-0.05, 0) is 47.2 Å². The second-order valence-electron chi connectivity index (χ2n) is 9.19. The number of hydrogen-bond donors (Lipinski definition) is 0. The summed E-state index contributed by atoms with van der Waals surface area (Å²) in [7, 11) is 0. The second-order valence-corrected chi connectivity index (χ2v) is 9.19. The van der Waals surface area contributed by atoms with E-state index in [-0.39, 0.29) is 35.6 Å². The summed E-state index contributed by atoms with van der Waals surface area (Å²) in [5, 5.41) is 0. The normalized spacial score (nSPS) is 22.4. The lowest BCUT2D eigenvalue weighted by Gasteiger charge is -2.28. The fourth-order valence-corrected chi connectivity index (χ4v) is 4.61. The van der Waals surface area contributed by atoms with Crippen LogP contribution in [0.2, 0.25) is 0 Å². The second kappa shape index (κ2) is 6.79. The van der Waals surface area contributed by atoms with Gasteiger partial charge in [0.25, 0.3) is 5.91 Å². The van der Waals surface area contributed by atoms with Crippen molar-refractivity contribution in [1.29, 1.82) is 0 Å². The molecule has 7 heteroatoms. The van der Waals surface area contributed by atoms with Gasteiger partial charge in [-0.25, -0.2) is 9.29 Å². The molecular weight excluding hydrogens is 387 g/mol. The van der Waals surface area contributed by atoms with Crippen LogP contribution in [0.5, 0.6) is 0 Å². The number of nitrogens with zero attached hydrogens (tertiary/aromatic N) is 2. The molecule has 30 heavy (non-hydrogen) atoms. The highest BCUT2D eigenvalue weighted by Crippen LogP contribution is 2.69. The molecule has 158 valence electrons. The molecule has 0 radical (unpaired) electrons. The fraction of sp³-hybridized carbons (Fsp3) is 0.435. The van der Waals surface area contributed by atoms with Gasteiger partial charge in [0, 0.05) is 5.92 Å². The first-order valence-corrected chi connectivity index (χ1v) is 10.0. The lowest BCUT2D eigenvalue weighted by molar-refractivity contribution is -0.141. The standard InChI is InChI=1S/C23H25FN2O4/c1-22(2)19(23(22,3)4)21(29)25(13-16-6-5-11-30-16)17-12-18(27)26(20(17)28)15-9-7-14(24)8-10-15/h5-11,17,19H,12-13H2,1-4H3. The minimum absolute atomic E-state index is 0.107.